The predicted molar refractivity (Wildman–Crippen MR) is 126 cm³/mol. The Morgan fingerprint density at radius 2 is 1.70 bits per heavy atom. The van der Waals surface area contributed by atoms with E-state index in [2.05, 4.69) is 5.32 Å². The quantitative estimate of drug-likeness (QED) is 0.497. The number of sulfonamides is 1. The number of rotatable bonds is 9. The van der Waals surface area contributed by atoms with E-state index in [9.17, 15) is 17.6 Å². The van der Waals surface area contributed by atoms with Gasteiger partial charge in [0.15, 0.2) is 0 Å². The number of halogens is 1. The van der Waals surface area contributed by atoms with Crippen LogP contribution in [-0.2, 0) is 16.6 Å². The number of hydrogen-bond donors (Lipinski definition) is 1. The van der Waals surface area contributed by atoms with Gasteiger partial charge in [-0.1, -0.05) is 0 Å². The zero-order valence-corrected chi connectivity index (χ0v) is 19.4. The third-order valence-electron chi connectivity index (χ3n) is 4.80. The van der Waals surface area contributed by atoms with Crippen LogP contribution in [0, 0.1) is 5.82 Å². The zero-order chi connectivity index (χ0) is 24.0. The number of carbonyl (C=O) groups excluding carboxylic acids is 1. The minimum Gasteiger partial charge on any atom is -0.497 e. The van der Waals surface area contributed by atoms with Crippen LogP contribution in [0.4, 0.5) is 15.8 Å². The summed E-state index contributed by atoms with van der Waals surface area (Å²) in [7, 11) is -2.15. The van der Waals surface area contributed by atoms with Crippen LogP contribution in [-0.4, -0.2) is 34.3 Å². The van der Waals surface area contributed by atoms with Crippen molar-refractivity contribution in [3.05, 3.63) is 83.7 Å². The molecule has 0 aliphatic carbocycles. The molecule has 0 saturated heterocycles. The van der Waals surface area contributed by atoms with E-state index in [1.165, 1.54) is 24.3 Å². The molecule has 9 heteroatoms. The predicted octanol–water partition coefficient (Wildman–Crippen LogP) is 4.45. The Bertz CT molecular complexity index is 1210. The first-order chi connectivity index (χ1) is 15.7. The third-order valence-corrected chi connectivity index (χ3v) is 5.94. The Morgan fingerprint density at radius 3 is 2.27 bits per heavy atom. The number of methoxy groups -OCH3 is 1. The van der Waals surface area contributed by atoms with Crippen molar-refractivity contribution >= 4 is 27.3 Å². The van der Waals surface area contributed by atoms with Crippen molar-refractivity contribution in [1.29, 1.82) is 0 Å². The van der Waals surface area contributed by atoms with Crippen LogP contribution in [0.15, 0.2) is 66.7 Å². The minimum atomic E-state index is -3.71. The van der Waals surface area contributed by atoms with E-state index in [0.29, 0.717) is 40.6 Å². The summed E-state index contributed by atoms with van der Waals surface area (Å²) in [5, 5.41) is 2.80. The summed E-state index contributed by atoms with van der Waals surface area (Å²) in [6.07, 6.45) is 1.07. The number of anilines is 2. The fourth-order valence-electron chi connectivity index (χ4n) is 3.18. The molecule has 0 atom stereocenters. The van der Waals surface area contributed by atoms with Gasteiger partial charge >= 0.3 is 0 Å². The molecular formula is C24H25FN2O5S. The third kappa shape index (κ3) is 6.23. The van der Waals surface area contributed by atoms with Crippen LogP contribution in [0.1, 0.15) is 22.8 Å². The molecule has 174 valence electrons. The molecule has 0 fully saturated rings. The fraction of sp³-hybridized carbons (Fsp3) is 0.208. The van der Waals surface area contributed by atoms with Gasteiger partial charge < -0.3 is 14.8 Å². The minimum absolute atomic E-state index is 0.0938. The van der Waals surface area contributed by atoms with E-state index >= 15 is 0 Å². The van der Waals surface area contributed by atoms with E-state index < -0.39 is 15.8 Å². The molecule has 7 nitrogen and oxygen atoms in total. The Kier molecular flexibility index (Phi) is 7.55. The van der Waals surface area contributed by atoms with E-state index in [1.807, 2.05) is 6.92 Å². The van der Waals surface area contributed by atoms with Crippen LogP contribution in [0.2, 0.25) is 0 Å². The highest BCUT2D eigenvalue weighted by molar-refractivity contribution is 7.92. The monoisotopic (exact) mass is 472 g/mol. The van der Waals surface area contributed by atoms with Gasteiger partial charge in [-0.15, -0.1) is 0 Å². The molecule has 33 heavy (non-hydrogen) atoms. The molecule has 0 spiro atoms. The van der Waals surface area contributed by atoms with Gasteiger partial charge in [0.1, 0.15) is 17.3 Å². The van der Waals surface area contributed by atoms with Crippen LogP contribution < -0.4 is 19.1 Å². The first-order valence-corrected chi connectivity index (χ1v) is 12.0. The van der Waals surface area contributed by atoms with Crippen molar-refractivity contribution in [3.63, 3.8) is 0 Å². The summed E-state index contributed by atoms with van der Waals surface area (Å²) >= 11 is 0. The zero-order valence-electron chi connectivity index (χ0n) is 18.5. The second kappa shape index (κ2) is 10.4. The van der Waals surface area contributed by atoms with Gasteiger partial charge in [-0.05, 0) is 73.7 Å². The van der Waals surface area contributed by atoms with E-state index in [0.717, 1.165) is 10.6 Å². The van der Waals surface area contributed by atoms with Gasteiger partial charge in [0.2, 0.25) is 10.0 Å². The van der Waals surface area contributed by atoms with Gasteiger partial charge in [-0.25, -0.2) is 12.8 Å². The van der Waals surface area contributed by atoms with E-state index in [-0.39, 0.29) is 12.5 Å². The largest absolute Gasteiger partial charge is 0.497 e. The standard InChI is InChI=1S/C24H25FN2O5S/c1-4-32-23-14-5-17(24(28)26-20-8-12-22(31-2)13-9-20)15-18(23)16-27(33(3,29)30)21-10-6-19(25)7-11-21/h5-15H,4,16H2,1-3H3,(H,26,28). The lowest BCUT2D eigenvalue weighted by atomic mass is 10.1. The van der Waals surface area contributed by atoms with Gasteiger partial charge in [0.25, 0.3) is 5.91 Å². The molecule has 0 radical (unpaired) electrons. The molecule has 0 aliphatic heterocycles. The lowest BCUT2D eigenvalue weighted by Crippen LogP contribution is -2.29. The van der Waals surface area contributed by atoms with Crippen LogP contribution in [0.3, 0.4) is 0 Å². The summed E-state index contributed by atoms with van der Waals surface area (Å²) in [5.74, 6) is 0.281. The Morgan fingerprint density at radius 1 is 1.03 bits per heavy atom. The van der Waals surface area contributed by atoms with Gasteiger partial charge in [-0.3, -0.25) is 9.10 Å². The summed E-state index contributed by atoms with van der Waals surface area (Å²) in [5.41, 5.74) is 1.71. The molecule has 1 N–H and O–H groups in total. The smallest absolute Gasteiger partial charge is 0.255 e. The van der Waals surface area contributed by atoms with Crippen molar-refractivity contribution in [2.24, 2.45) is 0 Å². The van der Waals surface area contributed by atoms with E-state index in [4.69, 9.17) is 9.47 Å². The highest BCUT2D eigenvalue weighted by atomic mass is 32.2. The van der Waals surface area contributed by atoms with E-state index in [1.54, 1.807) is 49.6 Å². The molecule has 0 saturated carbocycles. The highest BCUT2D eigenvalue weighted by Crippen LogP contribution is 2.27. The number of nitrogens with zero attached hydrogens (tertiary/aromatic N) is 1. The molecule has 3 rings (SSSR count). The molecule has 1 amide bonds. The van der Waals surface area contributed by atoms with Crippen LogP contribution >= 0.6 is 0 Å². The number of carbonyl (C=O) groups is 1. The fourth-order valence-corrected chi connectivity index (χ4v) is 4.06. The molecule has 0 unspecified atom stereocenters. The van der Waals surface area contributed by atoms with Crippen LogP contribution in [0.5, 0.6) is 11.5 Å². The Balaban J connectivity index is 1.92. The van der Waals surface area contributed by atoms with Gasteiger partial charge in [-0.2, -0.15) is 0 Å². The highest BCUT2D eigenvalue weighted by Gasteiger charge is 2.21. The van der Waals surface area contributed by atoms with Crippen molar-refractivity contribution in [1.82, 2.24) is 0 Å². The normalized spacial score (nSPS) is 11.0. The molecule has 3 aromatic rings. The molecule has 0 aliphatic rings. The summed E-state index contributed by atoms with van der Waals surface area (Å²) < 4.78 is 50.3. The number of hydrogen-bond acceptors (Lipinski definition) is 5. The topological polar surface area (TPSA) is 84.9 Å². The number of benzene rings is 3. The van der Waals surface area contributed by atoms with Crippen molar-refractivity contribution in [2.75, 3.05) is 29.6 Å². The lowest BCUT2D eigenvalue weighted by Gasteiger charge is -2.24. The Labute approximate surface area is 192 Å². The number of nitrogens with one attached hydrogen (secondary N) is 1. The molecule has 3 aromatic carbocycles. The summed E-state index contributed by atoms with van der Waals surface area (Å²) in [4.78, 5) is 12.8. The van der Waals surface area contributed by atoms with Crippen molar-refractivity contribution in [2.45, 2.75) is 13.5 Å². The average molecular weight is 473 g/mol. The number of ether oxygens (including phenoxy) is 2. The number of amides is 1. The van der Waals surface area contributed by atoms with Crippen molar-refractivity contribution < 1.29 is 27.1 Å². The SMILES string of the molecule is CCOc1ccc(C(=O)Nc2ccc(OC)cc2)cc1CN(c1ccc(F)cc1)S(C)(=O)=O. The maximum Gasteiger partial charge on any atom is 0.255 e. The first kappa shape index (κ1) is 24.1. The van der Waals surface area contributed by atoms with Crippen LogP contribution in [0.25, 0.3) is 0 Å². The summed E-state index contributed by atoms with van der Waals surface area (Å²) in [6, 6.07) is 16.9. The van der Waals surface area contributed by atoms with Crippen molar-refractivity contribution in [3.8, 4) is 11.5 Å². The average Bonchev–Trinajstić information content (AvgIpc) is 2.79. The lowest BCUT2D eigenvalue weighted by molar-refractivity contribution is 0.102. The maximum absolute atomic E-state index is 13.4. The molecule has 0 aromatic heterocycles. The molecule has 0 heterocycles. The molecular weight excluding hydrogens is 447 g/mol. The molecule has 0 bridgehead atoms. The Hall–Kier alpha value is -3.59. The first-order valence-electron chi connectivity index (χ1n) is 10.2. The second-order valence-electron chi connectivity index (χ2n) is 7.18. The van der Waals surface area contributed by atoms with Gasteiger partial charge in [0, 0.05) is 16.8 Å². The van der Waals surface area contributed by atoms with Gasteiger partial charge in [0.05, 0.1) is 32.2 Å². The second-order valence-corrected chi connectivity index (χ2v) is 9.09. The summed E-state index contributed by atoms with van der Waals surface area (Å²) in [6.45, 7) is 2.08. The maximum atomic E-state index is 13.4.